The summed E-state index contributed by atoms with van der Waals surface area (Å²) in [5.41, 5.74) is 1.04. The Morgan fingerprint density at radius 3 is 2.33 bits per heavy atom. The van der Waals surface area contributed by atoms with E-state index in [4.69, 9.17) is 14.2 Å². The van der Waals surface area contributed by atoms with E-state index in [1.165, 1.54) is 0 Å². The summed E-state index contributed by atoms with van der Waals surface area (Å²) < 4.78 is 16.5. The highest BCUT2D eigenvalue weighted by Crippen LogP contribution is 2.29. The van der Waals surface area contributed by atoms with Crippen molar-refractivity contribution in [1.82, 2.24) is 5.32 Å². The third kappa shape index (κ3) is 3.89. The molecule has 2 rings (SSSR count). The van der Waals surface area contributed by atoms with Gasteiger partial charge in [0.1, 0.15) is 23.9 Å². The molecule has 1 unspecified atom stereocenters. The first kappa shape index (κ1) is 15.2. The van der Waals surface area contributed by atoms with Crippen molar-refractivity contribution in [3.63, 3.8) is 0 Å². The maximum Gasteiger partial charge on any atom is 0.127 e. The van der Waals surface area contributed by atoms with Crippen LogP contribution >= 0.6 is 0 Å². The van der Waals surface area contributed by atoms with E-state index in [1.54, 1.807) is 14.2 Å². The van der Waals surface area contributed by atoms with Crippen LogP contribution in [0.5, 0.6) is 17.2 Å². The van der Waals surface area contributed by atoms with E-state index >= 15 is 0 Å². The zero-order valence-electron chi connectivity index (χ0n) is 12.6. The molecule has 0 bridgehead atoms. The van der Waals surface area contributed by atoms with E-state index in [0.717, 1.165) is 22.8 Å². The highest BCUT2D eigenvalue weighted by Gasteiger charge is 2.16. The molecule has 0 heterocycles. The van der Waals surface area contributed by atoms with Crippen molar-refractivity contribution in [2.45, 2.75) is 6.04 Å². The molecule has 0 spiro atoms. The second-order valence-electron chi connectivity index (χ2n) is 4.57. The number of hydrogen-bond donors (Lipinski definition) is 1. The molecule has 112 valence electrons. The van der Waals surface area contributed by atoms with Crippen LogP contribution in [0.2, 0.25) is 0 Å². The maximum atomic E-state index is 5.82. The van der Waals surface area contributed by atoms with Gasteiger partial charge in [0, 0.05) is 11.6 Å². The molecular weight excluding hydrogens is 266 g/mol. The molecule has 0 saturated heterocycles. The van der Waals surface area contributed by atoms with Crippen molar-refractivity contribution in [2.24, 2.45) is 0 Å². The molecule has 0 fully saturated rings. The van der Waals surface area contributed by atoms with Crippen molar-refractivity contribution in [3.05, 3.63) is 54.1 Å². The first-order valence-electron chi connectivity index (χ1n) is 6.85. The minimum atomic E-state index is 0.0334. The third-order valence-electron chi connectivity index (χ3n) is 3.32. The van der Waals surface area contributed by atoms with Crippen LogP contribution in [0.3, 0.4) is 0 Å². The van der Waals surface area contributed by atoms with Crippen LogP contribution in [0.25, 0.3) is 0 Å². The fourth-order valence-electron chi connectivity index (χ4n) is 2.13. The maximum absolute atomic E-state index is 5.82. The van der Waals surface area contributed by atoms with Gasteiger partial charge in [-0.05, 0) is 31.3 Å². The van der Waals surface area contributed by atoms with E-state index in [-0.39, 0.29) is 6.04 Å². The number of nitrogens with one attached hydrogen (secondary N) is 1. The number of rotatable bonds is 7. The lowest BCUT2D eigenvalue weighted by molar-refractivity contribution is 0.268. The first-order valence-corrected chi connectivity index (χ1v) is 6.85. The molecule has 2 aromatic carbocycles. The van der Waals surface area contributed by atoms with E-state index in [0.29, 0.717) is 6.61 Å². The standard InChI is InChI=1S/C17H21NO3/c1-18-16(12-21-13-7-5-4-6-8-13)15-10-9-14(19-2)11-17(15)20-3/h4-11,16,18H,12H2,1-3H3. The Labute approximate surface area is 125 Å². The quantitative estimate of drug-likeness (QED) is 0.849. The first-order chi connectivity index (χ1) is 10.3. The molecule has 0 radical (unpaired) electrons. The van der Waals surface area contributed by atoms with E-state index in [9.17, 15) is 0 Å². The summed E-state index contributed by atoms with van der Waals surface area (Å²) in [5.74, 6) is 2.41. The van der Waals surface area contributed by atoms with Crippen molar-refractivity contribution in [3.8, 4) is 17.2 Å². The molecular formula is C17H21NO3. The van der Waals surface area contributed by atoms with Gasteiger partial charge >= 0.3 is 0 Å². The third-order valence-corrected chi connectivity index (χ3v) is 3.32. The Balaban J connectivity index is 2.13. The Morgan fingerprint density at radius 1 is 0.952 bits per heavy atom. The number of likely N-dealkylation sites (N-methyl/N-ethyl adjacent to an activating group) is 1. The van der Waals surface area contributed by atoms with Crippen molar-refractivity contribution in [2.75, 3.05) is 27.9 Å². The molecule has 0 aromatic heterocycles. The predicted octanol–water partition coefficient (Wildman–Crippen LogP) is 3.04. The van der Waals surface area contributed by atoms with Gasteiger partial charge in [-0.3, -0.25) is 0 Å². The summed E-state index contributed by atoms with van der Waals surface area (Å²) in [4.78, 5) is 0. The monoisotopic (exact) mass is 287 g/mol. The van der Waals surface area contributed by atoms with Gasteiger partial charge in [-0.25, -0.2) is 0 Å². The Hall–Kier alpha value is -2.20. The lowest BCUT2D eigenvalue weighted by atomic mass is 10.1. The SMILES string of the molecule is CNC(COc1ccccc1)c1ccc(OC)cc1OC. The summed E-state index contributed by atoms with van der Waals surface area (Å²) in [7, 11) is 5.20. The summed E-state index contributed by atoms with van der Waals surface area (Å²) in [6, 6.07) is 15.6. The smallest absolute Gasteiger partial charge is 0.127 e. The molecule has 0 aliphatic heterocycles. The summed E-state index contributed by atoms with van der Waals surface area (Å²) >= 11 is 0. The highest BCUT2D eigenvalue weighted by atomic mass is 16.5. The molecule has 0 saturated carbocycles. The molecule has 0 amide bonds. The van der Waals surface area contributed by atoms with Gasteiger partial charge in [-0.2, -0.15) is 0 Å². The molecule has 1 N–H and O–H groups in total. The van der Waals surface area contributed by atoms with Crippen LogP contribution in [0.15, 0.2) is 48.5 Å². The lowest BCUT2D eigenvalue weighted by Crippen LogP contribution is -2.23. The summed E-state index contributed by atoms with van der Waals surface area (Å²) in [6.07, 6.45) is 0. The highest BCUT2D eigenvalue weighted by molar-refractivity contribution is 5.42. The van der Waals surface area contributed by atoms with Crippen LogP contribution in [-0.4, -0.2) is 27.9 Å². The molecule has 0 aliphatic carbocycles. The van der Waals surface area contributed by atoms with Gasteiger partial charge < -0.3 is 19.5 Å². The number of ether oxygens (including phenoxy) is 3. The predicted molar refractivity (Wildman–Crippen MR) is 83.3 cm³/mol. The van der Waals surface area contributed by atoms with E-state index in [1.807, 2.05) is 55.6 Å². The second-order valence-corrected chi connectivity index (χ2v) is 4.57. The van der Waals surface area contributed by atoms with Crippen LogP contribution in [0.1, 0.15) is 11.6 Å². The lowest BCUT2D eigenvalue weighted by Gasteiger charge is -2.20. The minimum absolute atomic E-state index is 0.0334. The molecule has 1 atom stereocenters. The zero-order chi connectivity index (χ0) is 15.1. The molecule has 4 nitrogen and oxygen atoms in total. The van der Waals surface area contributed by atoms with Crippen molar-refractivity contribution >= 4 is 0 Å². The average Bonchev–Trinajstić information content (AvgIpc) is 2.56. The van der Waals surface area contributed by atoms with E-state index in [2.05, 4.69) is 5.32 Å². The topological polar surface area (TPSA) is 39.7 Å². The fourth-order valence-corrected chi connectivity index (χ4v) is 2.13. The average molecular weight is 287 g/mol. The van der Waals surface area contributed by atoms with E-state index < -0.39 is 0 Å². The fraction of sp³-hybridized carbons (Fsp3) is 0.294. The van der Waals surface area contributed by atoms with Gasteiger partial charge in [-0.15, -0.1) is 0 Å². The van der Waals surface area contributed by atoms with Gasteiger partial charge in [0.15, 0.2) is 0 Å². The van der Waals surface area contributed by atoms with Crippen LogP contribution in [-0.2, 0) is 0 Å². The van der Waals surface area contributed by atoms with Gasteiger partial charge in [0.2, 0.25) is 0 Å². The van der Waals surface area contributed by atoms with Crippen LogP contribution in [0.4, 0.5) is 0 Å². The van der Waals surface area contributed by atoms with Crippen LogP contribution < -0.4 is 19.5 Å². The molecule has 0 aliphatic rings. The van der Waals surface area contributed by atoms with Gasteiger partial charge in [-0.1, -0.05) is 18.2 Å². The summed E-state index contributed by atoms with van der Waals surface area (Å²) in [6.45, 7) is 0.517. The number of benzene rings is 2. The zero-order valence-corrected chi connectivity index (χ0v) is 12.6. The van der Waals surface area contributed by atoms with Crippen molar-refractivity contribution in [1.29, 1.82) is 0 Å². The normalized spacial score (nSPS) is 11.8. The Bertz CT molecular complexity index is 557. The molecule has 21 heavy (non-hydrogen) atoms. The largest absolute Gasteiger partial charge is 0.497 e. The number of hydrogen-bond acceptors (Lipinski definition) is 4. The Morgan fingerprint density at radius 2 is 1.71 bits per heavy atom. The minimum Gasteiger partial charge on any atom is -0.497 e. The Kier molecular flexibility index (Phi) is 5.46. The molecule has 4 heteroatoms. The number of methoxy groups -OCH3 is 2. The summed E-state index contributed by atoms with van der Waals surface area (Å²) in [5, 5.41) is 3.25. The van der Waals surface area contributed by atoms with Gasteiger partial charge in [0.25, 0.3) is 0 Å². The van der Waals surface area contributed by atoms with Crippen molar-refractivity contribution < 1.29 is 14.2 Å². The number of para-hydroxylation sites is 1. The van der Waals surface area contributed by atoms with Gasteiger partial charge in [0.05, 0.1) is 20.3 Å². The van der Waals surface area contributed by atoms with Crippen LogP contribution in [0, 0.1) is 0 Å². The second kappa shape index (κ2) is 7.55. The molecule has 2 aromatic rings.